The highest BCUT2D eigenvalue weighted by molar-refractivity contribution is 5.94. The summed E-state index contributed by atoms with van der Waals surface area (Å²) in [5.74, 6) is -0.251. The second kappa shape index (κ2) is 10.2. The van der Waals surface area contributed by atoms with Gasteiger partial charge >= 0.3 is 0 Å². The Hall–Kier alpha value is -3.88. The van der Waals surface area contributed by atoms with Crippen LogP contribution in [-0.2, 0) is 12.8 Å². The Balaban J connectivity index is 1.36. The standard InChI is InChI=1S/C28H30F2N6O/c1-4-18-5-8-25(31-15-18)35-11-9-21(10-12-35)36-16-23(30)26-24(32-17-33-27(26)36)14-19-6-7-20(13-22(19)29)28(37)34(2)3/h5-8,13,15-17,21H,4,9-12,14H2,1-3H3. The maximum Gasteiger partial charge on any atom is 0.253 e. The number of aromatic nitrogens is 4. The van der Waals surface area contributed by atoms with E-state index in [0.717, 1.165) is 38.2 Å². The van der Waals surface area contributed by atoms with Gasteiger partial charge < -0.3 is 14.4 Å². The van der Waals surface area contributed by atoms with Crippen LogP contribution in [-0.4, -0.2) is 57.5 Å². The second-order valence-corrected chi connectivity index (χ2v) is 9.68. The average molecular weight is 505 g/mol. The number of hydrogen-bond donors (Lipinski definition) is 0. The molecule has 0 N–H and O–H groups in total. The highest BCUT2D eigenvalue weighted by atomic mass is 19.1. The van der Waals surface area contributed by atoms with Crippen molar-refractivity contribution in [2.45, 2.75) is 38.6 Å². The zero-order chi connectivity index (χ0) is 26.1. The van der Waals surface area contributed by atoms with Crippen molar-refractivity contribution < 1.29 is 13.6 Å². The number of rotatable bonds is 6. The summed E-state index contributed by atoms with van der Waals surface area (Å²) in [5, 5.41) is 0.314. The van der Waals surface area contributed by atoms with E-state index in [9.17, 15) is 9.18 Å². The molecule has 1 aromatic carbocycles. The van der Waals surface area contributed by atoms with E-state index in [2.05, 4.69) is 38.9 Å². The third-order valence-electron chi connectivity index (χ3n) is 7.10. The highest BCUT2D eigenvalue weighted by Gasteiger charge is 2.25. The van der Waals surface area contributed by atoms with Crippen LogP contribution in [0.15, 0.2) is 49.1 Å². The maximum atomic E-state index is 15.2. The van der Waals surface area contributed by atoms with Crippen LogP contribution in [0.2, 0.25) is 0 Å². The monoisotopic (exact) mass is 504 g/mol. The molecule has 1 fully saturated rings. The van der Waals surface area contributed by atoms with Crippen molar-refractivity contribution in [2.75, 3.05) is 32.1 Å². The maximum absolute atomic E-state index is 15.2. The van der Waals surface area contributed by atoms with E-state index in [-0.39, 0.29) is 23.9 Å². The van der Waals surface area contributed by atoms with Crippen molar-refractivity contribution in [2.24, 2.45) is 0 Å². The molecule has 5 rings (SSSR count). The topological polar surface area (TPSA) is 67.2 Å². The molecule has 0 atom stereocenters. The van der Waals surface area contributed by atoms with E-state index >= 15 is 4.39 Å². The molecular weight excluding hydrogens is 474 g/mol. The Morgan fingerprint density at radius 1 is 1.05 bits per heavy atom. The van der Waals surface area contributed by atoms with E-state index in [1.54, 1.807) is 26.2 Å². The van der Waals surface area contributed by atoms with Crippen molar-refractivity contribution in [1.29, 1.82) is 0 Å². The van der Waals surface area contributed by atoms with E-state index in [0.29, 0.717) is 22.3 Å². The predicted octanol–water partition coefficient (Wildman–Crippen LogP) is 4.80. The SMILES string of the molecule is CCc1ccc(N2CCC(n3cc(F)c4c(Cc5ccc(C(=O)N(C)C)cc5F)ncnc43)CC2)nc1. The minimum Gasteiger partial charge on any atom is -0.356 e. The number of anilines is 1. The summed E-state index contributed by atoms with van der Waals surface area (Å²) in [5.41, 5.74) is 2.76. The summed E-state index contributed by atoms with van der Waals surface area (Å²) < 4.78 is 32.0. The van der Waals surface area contributed by atoms with Gasteiger partial charge in [0.05, 0.1) is 11.1 Å². The minimum absolute atomic E-state index is 0.0916. The summed E-state index contributed by atoms with van der Waals surface area (Å²) in [4.78, 5) is 29.1. The summed E-state index contributed by atoms with van der Waals surface area (Å²) in [7, 11) is 3.23. The Labute approximate surface area is 214 Å². The first kappa shape index (κ1) is 24.8. The average Bonchev–Trinajstić information content (AvgIpc) is 3.26. The first-order valence-corrected chi connectivity index (χ1v) is 12.6. The lowest BCUT2D eigenvalue weighted by Crippen LogP contribution is -2.35. The Morgan fingerprint density at radius 2 is 1.84 bits per heavy atom. The van der Waals surface area contributed by atoms with Gasteiger partial charge in [-0.1, -0.05) is 19.1 Å². The number of carbonyl (C=O) groups is 1. The molecule has 9 heteroatoms. The molecule has 0 unspecified atom stereocenters. The third-order valence-corrected chi connectivity index (χ3v) is 7.10. The van der Waals surface area contributed by atoms with Gasteiger partial charge in [0.15, 0.2) is 5.82 Å². The fraction of sp³-hybridized carbons (Fsp3) is 0.357. The highest BCUT2D eigenvalue weighted by Crippen LogP contribution is 2.32. The number of hydrogen-bond acceptors (Lipinski definition) is 5. The van der Waals surface area contributed by atoms with Crippen molar-refractivity contribution in [1.82, 2.24) is 24.4 Å². The van der Waals surface area contributed by atoms with E-state index < -0.39 is 11.6 Å². The molecule has 0 spiro atoms. The molecule has 1 saturated heterocycles. The Kier molecular flexibility index (Phi) is 6.86. The van der Waals surface area contributed by atoms with Crippen LogP contribution in [0.4, 0.5) is 14.6 Å². The number of piperidine rings is 1. The molecular formula is C28H30F2N6O. The fourth-order valence-electron chi connectivity index (χ4n) is 4.96. The van der Waals surface area contributed by atoms with Crippen LogP contribution in [0.1, 0.15) is 53.0 Å². The van der Waals surface area contributed by atoms with E-state index in [4.69, 9.17) is 0 Å². The summed E-state index contributed by atoms with van der Waals surface area (Å²) in [6.07, 6.45) is 7.53. The summed E-state index contributed by atoms with van der Waals surface area (Å²) in [6, 6.07) is 8.62. The van der Waals surface area contributed by atoms with Crippen LogP contribution in [0.3, 0.4) is 0 Å². The third kappa shape index (κ3) is 4.90. The second-order valence-electron chi connectivity index (χ2n) is 9.68. The minimum atomic E-state index is -0.521. The fourth-order valence-corrected chi connectivity index (χ4v) is 4.96. The largest absolute Gasteiger partial charge is 0.356 e. The van der Waals surface area contributed by atoms with Gasteiger partial charge in [0.25, 0.3) is 5.91 Å². The van der Waals surface area contributed by atoms with Gasteiger partial charge in [-0.15, -0.1) is 0 Å². The van der Waals surface area contributed by atoms with Crippen LogP contribution >= 0.6 is 0 Å². The number of halogens is 2. The smallest absolute Gasteiger partial charge is 0.253 e. The number of pyridine rings is 1. The number of nitrogens with zero attached hydrogens (tertiary/aromatic N) is 6. The molecule has 0 saturated carbocycles. The van der Waals surface area contributed by atoms with Gasteiger partial charge in [-0.3, -0.25) is 4.79 Å². The quantitative estimate of drug-likeness (QED) is 0.377. The van der Waals surface area contributed by atoms with Gasteiger partial charge in [-0.25, -0.2) is 23.7 Å². The lowest BCUT2D eigenvalue weighted by molar-refractivity contribution is 0.0827. The molecule has 37 heavy (non-hydrogen) atoms. The normalized spacial score (nSPS) is 14.4. The van der Waals surface area contributed by atoms with Crippen molar-refractivity contribution in [3.05, 3.63) is 83.1 Å². The van der Waals surface area contributed by atoms with Gasteiger partial charge in [0, 0.05) is 57.6 Å². The lowest BCUT2D eigenvalue weighted by Gasteiger charge is -2.33. The summed E-state index contributed by atoms with van der Waals surface area (Å²) >= 11 is 0. The molecule has 1 aliphatic rings. The van der Waals surface area contributed by atoms with Crippen LogP contribution in [0.5, 0.6) is 0 Å². The Morgan fingerprint density at radius 3 is 2.49 bits per heavy atom. The zero-order valence-electron chi connectivity index (χ0n) is 21.3. The van der Waals surface area contributed by atoms with Crippen molar-refractivity contribution in [3.8, 4) is 0 Å². The Bertz CT molecular complexity index is 1420. The predicted molar refractivity (Wildman–Crippen MR) is 139 cm³/mol. The van der Waals surface area contributed by atoms with Crippen LogP contribution in [0.25, 0.3) is 11.0 Å². The number of benzene rings is 1. The number of fused-ring (bicyclic) bond motifs is 1. The van der Waals surface area contributed by atoms with Gasteiger partial charge in [0.2, 0.25) is 0 Å². The van der Waals surface area contributed by atoms with Crippen molar-refractivity contribution in [3.63, 3.8) is 0 Å². The van der Waals surface area contributed by atoms with E-state index in [1.807, 2.05) is 10.8 Å². The molecule has 4 aromatic rings. The van der Waals surface area contributed by atoms with Crippen LogP contribution < -0.4 is 4.90 Å². The van der Waals surface area contributed by atoms with Crippen molar-refractivity contribution >= 4 is 22.8 Å². The molecule has 1 amide bonds. The zero-order valence-corrected chi connectivity index (χ0v) is 21.3. The lowest BCUT2D eigenvalue weighted by atomic mass is 10.0. The first-order valence-electron chi connectivity index (χ1n) is 12.6. The molecule has 1 aliphatic heterocycles. The molecule has 0 bridgehead atoms. The number of carbonyl (C=O) groups excluding carboxylic acids is 1. The van der Waals surface area contributed by atoms with Gasteiger partial charge in [-0.05, 0) is 48.6 Å². The summed E-state index contributed by atoms with van der Waals surface area (Å²) in [6.45, 7) is 3.73. The molecule has 3 aromatic heterocycles. The van der Waals surface area contributed by atoms with Gasteiger partial charge in [0.1, 0.15) is 23.6 Å². The molecule has 0 aliphatic carbocycles. The van der Waals surface area contributed by atoms with E-state index in [1.165, 1.54) is 29.1 Å². The number of amides is 1. The van der Waals surface area contributed by atoms with Gasteiger partial charge in [-0.2, -0.15) is 0 Å². The molecule has 0 radical (unpaired) electrons. The first-order chi connectivity index (χ1) is 17.9. The number of aryl methyl sites for hydroxylation is 1. The van der Waals surface area contributed by atoms with Crippen LogP contribution in [0, 0.1) is 11.6 Å². The molecule has 192 valence electrons. The molecule has 4 heterocycles. The molecule has 7 nitrogen and oxygen atoms in total.